The number of sulfone groups is 1. The number of carbonyl (C=O) groups excluding carboxylic acids is 1. The number of aromatic nitrogens is 2. The van der Waals surface area contributed by atoms with Crippen molar-refractivity contribution in [2.75, 3.05) is 26.5 Å². The highest BCUT2D eigenvalue weighted by molar-refractivity contribution is 7.90. The summed E-state index contributed by atoms with van der Waals surface area (Å²) in [7, 11) is -1.55. The fourth-order valence-corrected chi connectivity index (χ4v) is 3.35. The fraction of sp³-hybridized carbons (Fsp3) is 0.263. The van der Waals surface area contributed by atoms with Crippen molar-refractivity contribution in [3.63, 3.8) is 0 Å². The van der Waals surface area contributed by atoms with Crippen molar-refractivity contribution in [2.45, 2.75) is 11.3 Å². The third-order valence-electron chi connectivity index (χ3n) is 4.16. The average molecular weight is 387 g/mol. The number of carbonyl (C=O) groups is 1. The molecule has 0 unspecified atom stereocenters. The van der Waals surface area contributed by atoms with Crippen LogP contribution < -0.4 is 4.74 Å². The minimum Gasteiger partial charge on any atom is -0.493 e. The molecule has 0 spiro atoms. The lowest BCUT2D eigenvalue weighted by molar-refractivity contribution is 0.0784. The number of ether oxygens (including phenoxy) is 1. The van der Waals surface area contributed by atoms with Crippen LogP contribution in [0.15, 0.2) is 53.4 Å². The van der Waals surface area contributed by atoms with Gasteiger partial charge in [-0.05, 0) is 30.7 Å². The molecule has 142 valence electrons. The third-order valence-corrected chi connectivity index (χ3v) is 5.27. The molecule has 0 atom stereocenters. The first-order valence-corrected chi connectivity index (χ1v) is 10.4. The van der Waals surface area contributed by atoms with Gasteiger partial charge >= 0.3 is 0 Å². The molecule has 0 bridgehead atoms. The van der Waals surface area contributed by atoms with Gasteiger partial charge in [-0.15, -0.1) is 0 Å². The van der Waals surface area contributed by atoms with Crippen molar-refractivity contribution >= 4 is 26.6 Å². The lowest BCUT2D eigenvalue weighted by Crippen LogP contribution is -2.29. The maximum atomic E-state index is 12.6. The zero-order valence-electron chi connectivity index (χ0n) is 15.2. The first-order valence-electron chi connectivity index (χ1n) is 8.48. The molecule has 1 heterocycles. The van der Waals surface area contributed by atoms with Crippen LogP contribution in [0.5, 0.6) is 5.75 Å². The van der Waals surface area contributed by atoms with Crippen LogP contribution in [0.1, 0.15) is 16.9 Å². The second-order valence-corrected chi connectivity index (χ2v) is 8.31. The zero-order valence-corrected chi connectivity index (χ0v) is 16.0. The number of H-pyrrole nitrogens is 1. The van der Waals surface area contributed by atoms with E-state index in [4.69, 9.17) is 4.74 Å². The Balaban J connectivity index is 1.54. The third kappa shape index (κ3) is 4.46. The molecule has 0 saturated heterocycles. The Labute approximate surface area is 157 Å². The molecule has 3 rings (SSSR count). The summed E-state index contributed by atoms with van der Waals surface area (Å²) in [6.07, 6.45) is 1.76. The lowest BCUT2D eigenvalue weighted by atomic mass is 10.2. The molecule has 0 fully saturated rings. The first kappa shape index (κ1) is 18.9. The second kappa shape index (κ2) is 7.79. The number of hydrogen-bond acceptors (Lipinski definition) is 5. The van der Waals surface area contributed by atoms with Crippen molar-refractivity contribution in [1.82, 2.24) is 15.1 Å². The fourth-order valence-electron chi connectivity index (χ4n) is 2.70. The Bertz CT molecular complexity index is 1060. The SMILES string of the molecule is CN(CCCOc1cccc(S(C)(=O)=O)c1)C(=O)c1n[nH]c2ccccc12. The molecule has 27 heavy (non-hydrogen) atoms. The standard InChI is InChI=1S/C19H21N3O4S/c1-22(19(23)18-16-9-3-4-10-17(16)20-21-18)11-6-12-26-14-7-5-8-15(13-14)27(2,24)25/h3-5,7-10,13H,6,11-12H2,1-2H3,(H,20,21). The summed E-state index contributed by atoms with van der Waals surface area (Å²) in [6.45, 7) is 0.859. The van der Waals surface area contributed by atoms with Gasteiger partial charge in [0.1, 0.15) is 5.75 Å². The smallest absolute Gasteiger partial charge is 0.274 e. The average Bonchev–Trinajstić information content (AvgIpc) is 3.08. The van der Waals surface area contributed by atoms with Gasteiger partial charge in [-0.1, -0.05) is 24.3 Å². The van der Waals surface area contributed by atoms with Crippen molar-refractivity contribution < 1.29 is 17.9 Å². The molecule has 1 N–H and O–H groups in total. The first-order chi connectivity index (χ1) is 12.9. The van der Waals surface area contributed by atoms with Gasteiger partial charge in [0.05, 0.1) is 17.0 Å². The molecular formula is C19H21N3O4S. The van der Waals surface area contributed by atoms with Crippen molar-refractivity contribution in [1.29, 1.82) is 0 Å². The van der Waals surface area contributed by atoms with Crippen molar-refractivity contribution in [3.05, 3.63) is 54.2 Å². The van der Waals surface area contributed by atoms with Crippen LogP contribution in [0.2, 0.25) is 0 Å². The summed E-state index contributed by atoms with van der Waals surface area (Å²) in [5.74, 6) is 0.330. The summed E-state index contributed by atoms with van der Waals surface area (Å²) >= 11 is 0. The van der Waals surface area contributed by atoms with E-state index in [2.05, 4.69) is 10.2 Å². The number of nitrogens with zero attached hydrogens (tertiary/aromatic N) is 2. The van der Waals surface area contributed by atoms with Gasteiger partial charge in [0.25, 0.3) is 5.91 Å². The van der Waals surface area contributed by atoms with E-state index >= 15 is 0 Å². The molecule has 2 aromatic carbocycles. The summed E-state index contributed by atoms with van der Waals surface area (Å²) in [5, 5.41) is 7.77. The van der Waals surface area contributed by atoms with E-state index in [1.165, 1.54) is 12.1 Å². The number of fused-ring (bicyclic) bond motifs is 1. The summed E-state index contributed by atoms with van der Waals surface area (Å²) < 4.78 is 28.8. The minimum absolute atomic E-state index is 0.161. The van der Waals surface area contributed by atoms with E-state index in [9.17, 15) is 13.2 Å². The summed E-state index contributed by atoms with van der Waals surface area (Å²) in [4.78, 5) is 14.4. The zero-order chi connectivity index (χ0) is 19.4. The lowest BCUT2D eigenvalue weighted by Gasteiger charge is -2.16. The maximum Gasteiger partial charge on any atom is 0.274 e. The van der Waals surface area contributed by atoms with E-state index in [1.807, 2.05) is 24.3 Å². The van der Waals surface area contributed by atoms with E-state index in [-0.39, 0.29) is 10.8 Å². The van der Waals surface area contributed by atoms with E-state index in [1.54, 1.807) is 24.1 Å². The number of para-hydroxylation sites is 1. The van der Waals surface area contributed by atoms with E-state index in [0.29, 0.717) is 31.0 Å². The summed E-state index contributed by atoms with van der Waals surface area (Å²) in [5.41, 5.74) is 1.22. The van der Waals surface area contributed by atoms with Crippen LogP contribution in [0, 0.1) is 0 Å². The van der Waals surface area contributed by atoms with Gasteiger partial charge in [-0.3, -0.25) is 9.89 Å². The molecule has 1 amide bonds. The monoisotopic (exact) mass is 387 g/mol. The molecule has 0 saturated carbocycles. The van der Waals surface area contributed by atoms with Crippen LogP contribution in [0.3, 0.4) is 0 Å². The number of amides is 1. The van der Waals surface area contributed by atoms with Gasteiger partial charge in [0.2, 0.25) is 0 Å². The number of benzene rings is 2. The molecule has 0 aliphatic carbocycles. The Hall–Kier alpha value is -2.87. The Morgan fingerprint density at radius 3 is 2.74 bits per heavy atom. The molecule has 3 aromatic rings. The van der Waals surface area contributed by atoms with Crippen LogP contribution in [-0.4, -0.2) is 55.9 Å². The van der Waals surface area contributed by atoms with Crippen molar-refractivity contribution in [2.24, 2.45) is 0 Å². The number of nitrogens with one attached hydrogen (secondary N) is 1. The molecule has 8 heteroatoms. The maximum absolute atomic E-state index is 12.6. The van der Waals surface area contributed by atoms with Gasteiger partial charge in [0.15, 0.2) is 15.5 Å². The topological polar surface area (TPSA) is 92.4 Å². The highest BCUT2D eigenvalue weighted by atomic mass is 32.2. The normalized spacial score (nSPS) is 11.5. The molecule has 7 nitrogen and oxygen atoms in total. The largest absolute Gasteiger partial charge is 0.493 e. The van der Waals surface area contributed by atoms with Gasteiger partial charge in [0, 0.05) is 25.2 Å². The Morgan fingerprint density at radius 2 is 1.96 bits per heavy atom. The van der Waals surface area contributed by atoms with Crippen LogP contribution in [-0.2, 0) is 9.84 Å². The minimum atomic E-state index is -3.27. The number of rotatable bonds is 7. The quantitative estimate of drug-likeness (QED) is 0.629. The van der Waals surface area contributed by atoms with Gasteiger partial charge < -0.3 is 9.64 Å². The second-order valence-electron chi connectivity index (χ2n) is 6.29. The van der Waals surface area contributed by atoms with Crippen LogP contribution in [0.4, 0.5) is 0 Å². The highest BCUT2D eigenvalue weighted by Gasteiger charge is 2.17. The molecule has 0 aliphatic rings. The number of hydrogen-bond donors (Lipinski definition) is 1. The molecule has 0 radical (unpaired) electrons. The van der Waals surface area contributed by atoms with E-state index in [0.717, 1.165) is 17.2 Å². The Kier molecular flexibility index (Phi) is 5.46. The molecular weight excluding hydrogens is 366 g/mol. The molecule has 0 aliphatic heterocycles. The van der Waals surface area contributed by atoms with Crippen molar-refractivity contribution in [3.8, 4) is 5.75 Å². The van der Waals surface area contributed by atoms with Gasteiger partial charge in [-0.2, -0.15) is 5.10 Å². The van der Waals surface area contributed by atoms with Crippen LogP contribution >= 0.6 is 0 Å². The van der Waals surface area contributed by atoms with Gasteiger partial charge in [-0.25, -0.2) is 8.42 Å². The molecule has 1 aromatic heterocycles. The predicted octanol–water partition coefficient (Wildman–Crippen LogP) is 2.51. The number of aromatic amines is 1. The van der Waals surface area contributed by atoms with Crippen LogP contribution in [0.25, 0.3) is 10.9 Å². The highest BCUT2D eigenvalue weighted by Crippen LogP contribution is 2.18. The summed E-state index contributed by atoms with van der Waals surface area (Å²) in [6, 6.07) is 13.9. The van der Waals surface area contributed by atoms with E-state index < -0.39 is 9.84 Å². The predicted molar refractivity (Wildman–Crippen MR) is 103 cm³/mol. The Morgan fingerprint density at radius 1 is 1.19 bits per heavy atom.